The molecule has 0 saturated carbocycles. The molecule has 0 aliphatic carbocycles. The van der Waals surface area contributed by atoms with Crippen LogP contribution in [0.25, 0.3) is 33.0 Å². The third kappa shape index (κ3) is 2.74. The molecule has 0 heterocycles. The molecule has 0 amide bonds. The van der Waals surface area contributed by atoms with Crippen LogP contribution in [0, 0.1) is 0 Å². The van der Waals surface area contributed by atoms with Crippen molar-refractivity contribution in [3.63, 3.8) is 0 Å². The van der Waals surface area contributed by atoms with Gasteiger partial charge < -0.3 is 0 Å². The van der Waals surface area contributed by atoms with E-state index in [1.54, 1.807) is 0 Å². The van der Waals surface area contributed by atoms with Crippen molar-refractivity contribution in [2.75, 3.05) is 0 Å². The summed E-state index contributed by atoms with van der Waals surface area (Å²) in [6, 6.07) is 31.6. The normalized spacial score (nSPS) is 10.8. The highest BCUT2D eigenvalue weighted by molar-refractivity contribution is 6.30. The Bertz CT molecular complexity index is 963. The molecule has 0 nitrogen and oxygen atoms in total. The van der Waals surface area contributed by atoms with Crippen LogP contribution in [0.1, 0.15) is 0 Å². The first kappa shape index (κ1) is 14.0. The van der Waals surface area contributed by atoms with Crippen LogP contribution in [0.2, 0.25) is 5.02 Å². The first-order valence-electron chi connectivity index (χ1n) is 7.65. The number of hydrogen-bond donors (Lipinski definition) is 0. The van der Waals surface area contributed by atoms with Gasteiger partial charge in [0.05, 0.1) is 0 Å². The van der Waals surface area contributed by atoms with Crippen molar-refractivity contribution in [2.24, 2.45) is 0 Å². The SMILES string of the molecule is Clc1ccc(-c2cccc(-c3cccc4ccccc34)c2)cc1. The zero-order valence-corrected chi connectivity index (χ0v) is 13.3. The summed E-state index contributed by atoms with van der Waals surface area (Å²) in [5.74, 6) is 0. The molecular formula is C22H15Cl. The van der Waals surface area contributed by atoms with Crippen LogP contribution < -0.4 is 0 Å². The maximum atomic E-state index is 5.99. The Balaban J connectivity index is 1.86. The Kier molecular flexibility index (Phi) is 3.61. The molecule has 0 bridgehead atoms. The molecule has 1 heteroatoms. The molecule has 0 aliphatic rings. The fourth-order valence-corrected chi connectivity index (χ4v) is 3.11. The minimum Gasteiger partial charge on any atom is -0.0843 e. The average molecular weight is 315 g/mol. The molecule has 0 aromatic heterocycles. The van der Waals surface area contributed by atoms with Crippen molar-refractivity contribution in [3.05, 3.63) is 96.0 Å². The molecule has 4 aromatic carbocycles. The van der Waals surface area contributed by atoms with Crippen LogP contribution in [0.15, 0.2) is 91.0 Å². The third-order valence-electron chi connectivity index (χ3n) is 4.14. The molecule has 23 heavy (non-hydrogen) atoms. The zero-order valence-electron chi connectivity index (χ0n) is 12.5. The standard InChI is InChI=1S/C22H15Cl/c23-20-13-11-16(12-14-20)18-7-3-8-19(15-18)22-10-4-6-17-5-1-2-9-21(17)22/h1-15H. The summed E-state index contributed by atoms with van der Waals surface area (Å²) >= 11 is 5.99. The highest BCUT2D eigenvalue weighted by Crippen LogP contribution is 2.31. The van der Waals surface area contributed by atoms with E-state index < -0.39 is 0 Å². The van der Waals surface area contributed by atoms with E-state index in [9.17, 15) is 0 Å². The molecule has 0 saturated heterocycles. The summed E-state index contributed by atoms with van der Waals surface area (Å²) in [4.78, 5) is 0. The molecule has 4 rings (SSSR count). The predicted molar refractivity (Wildman–Crippen MR) is 99.8 cm³/mol. The number of benzene rings is 4. The van der Waals surface area contributed by atoms with E-state index in [1.165, 1.54) is 33.0 Å². The smallest absolute Gasteiger partial charge is 0.0406 e. The summed E-state index contributed by atoms with van der Waals surface area (Å²) in [5.41, 5.74) is 4.87. The topological polar surface area (TPSA) is 0 Å². The van der Waals surface area contributed by atoms with E-state index in [1.807, 2.05) is 12.1 Å². The van der Waals surface area contributed by atoms with Gasteiger partial charge in [-0.25, -0.2) is 0 Å². The summed E-state index contributed by atoms with van der Waals surface area (Å²) in [5, 5.41) is 3.31. The molecular weight excluding hydrogens is 300 g/mol. The van der Waals surface area contributed by atoms with Crippen molar-refractivity contribution in [1.82, 2.24) is 0 Å². The van der Waals surface area contributed by atoms with E-state index in [-0.39, 0.29) is 0 Å². The van der Waals surface area contributed by atoms with Crippen LogP contribution in [-0.4, -0.2) is 0 Å². The van der Waals surface area contributed by atoms with E-state index in [0.29, 0.717) is 0 Å². The Hall–Kier alpha value is -2.57. The minimum atomic E-state index is 0.763. The van der Waals surface area contributed by atoms with Crippen LogP contribution in [0.3, 0.4) is 0 Å². The van der Waals surface area contributed by atoms with Crippen molar-refractivity contribution in [1.29, 1.82) is 0 Å². The number of fused-ring (bicyclic) bond motifs is 1. The van der Waals surface area contributed by atoms with Gasteiger partial charge in [-0.2, -0.15) is 0 Å². The van der Waals surface area contributed by atoms with Gasteiger partial charge in [0.1, 0.15) is 0 Å². The summed E-state index contributed by atoms with van der Waals surface area (Å²) in [7, 11) is 0. The molecule has 0 aliphatic heterocycles. The van der Waals surface area contributed by atoms with Crippen molar-refractivity contribution < 1.29 is 0 Å². The molecule has 110 valence electrons. The highest BCUT2D eigenvalue weighted by Gasteiger charge is 2.05. The number of halogens is 1. The summed E-state index contributed by atoms with van der Waals surface area (Å²) in [6.07, 6.45) is 0. The van der Waals surface area contributed by atoms with Crippen molar-refractivity contribution in [2.45, 2.75) is 0 Å². The van der Waals surface area contributed by atoms with Crippen LogP contribution in [0.5, 0.6) is 0 Å². The van der Waals surface area contributed by atoms with Gasteiger partial charge in [-0.3, -0.25) is 0 Å². The monoisotopic (exact) mass is 314 g/mol. The second-order valence-corrected chi connectivity index (χ2v) is 6.05. The molecule has 4 aromatic rings. The van der Waals surface area contributed by atoms with Crippen LogP contribution >= 0.6 is 11.6 Å². The first-order valence-corrected chi connectivity index (χ1v) is 8.03. The fourth-order valence-electron chi connectivity index (χ4n) is 2.99. The lowest BCUT2D eigenvalue weighted by molar-refractivity contribution is 1.60. The molecule has 0 unspecified atom stereocenters. The minimum absolute atomic E-state index is 0.763. The van der Waals surface area contributed by atoms with Gasteiger partial charge in [-0.1, -0.05) is 84.4 Å². The molecule has 0 fully saturated rings. The summed E-state index contributed by atoms with van der Waals surface area (Å²) in [6.45, 7) is 0. The third-order valence-corrected chi connectivity index (χ3v) is 4.39. The van der Waals surface area contributed by atoms with Gasteiger partial charge in [-0.05, 0) is 51.2 Å². The van der Waals surface area contributed by atoms with E-state index in [2.05, 4.69) is 78.9 Å². The number of hydrogen-bond acceptors (Lipinski definition) is 0. The first-order chi connectivity index (χ1) is 11.3. The lowest BCUT2D eigenvalue weighted by atomic mass is 9.95. The van der Waals surface area contributed by atoms with Crippen molar-refractivity contribution >= 4 is 22.4 Å². The van der Waals surface area contributed by atoms with E-state index >= 15 is 0 Å². The molecule has 0 N–H and O–H groups in total. The Morgan fingerprint density at radius 3 is 2.09 bits per heavy atom. The fraction of sp³-hybridized carbons (Fsp3) is 0. The lowest BCUT2D eigenvalue weighted by Crippen LogP contribution is -1.83. The second-order valence-electron chi connectivity index (χ2n) is 5.61. The van der Waals surface area contributed by atoms with Gasteiger partial charge in [0.15, 0.2) is 0 Å². The van der Waals surface area contributed by atoms with E-state index in [4.69, 9.17) is 11.6 Å². The maximum Gasteiger partial charge on any atom is 0.0406 e. The van der Waals surface area contributed by atoms with E-state index in [0.717, 1.165) is 5.02 Å². The zero-order chi connectivity index (χ0) is 15.6. The van der Waals surface area contributed by atoms with Gasteiger partial charge in [0, 0.05) is 5.02 Å². The molecule has 0 atom stereocenters. The second kappa shape index (κ2) is 5.91. The van der Waals surface area contributed by atoms with Crippen LogP contribution in [0.4, 0.5) is 0 Å². The van der Waals surface area contributed by atoms with Gasteiger partial charge in [-0.15, -0.1) is 0 Å². The maximum absolute atomic E-state index is 5.99. The molecule has 0 radical (unpaired) electrons. The number of rotatable bonds is 2. The van der Waals surface area contributed by atoms with Gasteiger partial charge in [0.2, 0.25) is 0 Å². The van der Waals surface area contributed by atoms with Crippen molar-refractivity contribution in [3.8, 4) is 22.3 Å². The summed E-state index contributed by atoms with van der Waals surface area (Å²) < 4.78 is 0. The Morgan fingerprint density at radius 2 is 1.22 bits per heavy atom. The quantitative estimate of drug-likeness (QED) is 0.380. The van der Waals surface area contributed by atoms with Crippen LogP contribution in [-0.2, 0) is 0 Å². The van der Waals surface area contributed by atoms with Gasteiger partial charge in [0.25, 0.3) is 0 Å². The van der Waals surface area contributed by atoms with Gasteiger partial charge >= 0.3 is 0 Å². The Labute approximate surface area is 141 Å². The largest absolute Gasteiger partial charge is 0.0843 e. The highest BCUT2D eigenvalue weighted by atomic mass is 35.5. The average Bonchev–Trinajstić information content (AvgIpc) is 2.62. The predicted octanol–water partition coefficient (Wildman–Crippen LogP) is 6.83. The molecule has 0 spiro atoms. The Morgan fingerprint density at radius 1 is 0.522 bits per heavy atom. The lowest BCUT2D eigenvalue weighted by Gasteiger charge is -2.09.